The molecule has 0 amide bonds. The third-order valence-electron chi connectivity index (χ3n) is 2.62. The summed E-state index contributed by atoms with van der Waals surface area (Å²) < 4.78 is 5.09. The maximum atomic E-state index is 11.5. The molecule has 3 nitrogen and oxygen atoms in total. The number of ketones is 1. The summed E-state index contributed by atoms with van der Waals surface area (Å²) in [5.74, 6) is 0.396. The minimum absolute atomic E-state index is 0.162. The van der Waals surface area contributed by atoms with Gasteiger partial charge in [0.1, 0.15) is 6.61 Å². The summed E-state index contributed by atoms with van der Waals surface area (Å²) >= 11 is 0. The predicted octanol–water partition coefficient (Wildman–Crippen LogP) is 1.11. The van der Waals surface area contributed by atoms with E-state index in [2.05, 4.69) is 0 Å². The summed E-state index contributed by atoms with van der Waals surface area (Å²) in [6, 6.07) is 0.226. The van der Waals surface area contributed by atoms with Crippen LogP contribution in [0.2, 0.25) is 0 Å². The third-order valence-corrected chi connectivity index (χ3v) is 2.62. The molecule has 0 bridgehead atoms. The normalized spacial score (nSPS) is 28.8. The first kappa shape index (κ1) is 10.7. The average Bonchev–Trinajstić information content (AvgIpc) is 2.14. The van der Waals surface area contributed by atoms with E-state index in [4.69, 9.17) is 10.5 Å². The standard InChI is InChI=1S/C10H19NO2/c1-2-13-7-10(12)8-4-3-5-9(11)6-8/h8-9H,2-7,11H2,1H3. The predicted molar refractivity (Wildman–Crippen MR) is 51.4 cm³/mol. The maximum Gasteiger partial charge on any atom is 0.161 e. The highest BCUT2D eigenvalue weighted by Crippen LogP contribution is 2.23. The number of hydrogen-bond donors (Lipinski definition) is 1. The molecule has 76 valence electrons. The van der Waals surface area contributed by atoms with Gasteiger partial charge in [-0.3, -0.25) is 4.79 Å². The Morgan fingerprint density at radius 2 is 2.31 bits per heavy atom. The Bertz CT molecular complexity index is 170. The molecule has 1 aliphatic carbocycles. The number of nitrogens with two attached hydrogens (primary N) is 1. The second-order valence-electron chi connectivity index (χ2n) is 3.73. The van der Waals surface area contributed by atoms with Gasteiger partial charge >= 0.3 is 0 Å². The van der Waals surface area contributed by atoms with Crippen molar-refractivity contribution in [3.8, 4) is 0 Å². The van der Waals surface area contributed by atoms with Gasteiger partial charge in [-0.05, 0) is 26.2 Å². The molecule has 0 aromatic rings. The molecule has 2 N–H and O–H groups in total. The molecular weight excluding hydrogens is 166 g/mol. The molecule has 0 aromatic carbocycles. The molecular formula is C10H19NO2. The van der Waals surface area contributed by atoms with Gasteiger partial charge < -0.3 is 10.5 Å². The molecule has 13 heavy (non-hydrogen) atoms. The fourth-order valence-corrected chi connectivity index (χ4v) is 1.84. The van der Waals surface area contributed by atoms with Crippen molar-refractivity contribution in [1.82, 2.24) is 0 Å². The van der Waals surface area contributed by atoms with Gasteiger partial charge in [-0.25, -0.2) is 0 Å². The van der Waals surface area contributed by atoms with E-state index in [1.54, 1.807) is 0 Å². The van der Waals surface area contributed by atoms with Crippen molar-refractivity contribution in [3.05, 3.63) is 0 Å². The summed E-state index contributed by atoms with van der Waals surface area (Å²) in [5.41, 5.74) is 5.80. The Labute approximate surface area is 79.6 Å². The summed E-state index contributed by atoms with van der Waals surface area (Å²) in [4.78, 5) is 11.5. The summed E-state index contributed by atoms with van der Waals surface area (Å²) in [6.45, 7) is 2.79. The summed E-state index contributed by atoms with van der Waals surface area (Å²) in [7, 11) is 0. The highest BCUT2D eigenvalue weighted by molar-refractivity contribution is 5.82. The Morgan fingerprint density at radius 1 is 1.54 bits per heavy atom. The molecule has 0 aliphatic heterocycles. The SMILES string of the molecule is CCOCC(=O)C1CCCC(N)C1. The molecule has 0 spiro atoms. The third kappa shape index (κ3) is 3.44. The van der Waals surface area contributed by atoms with E-state index in [-0.39, 0.29) is 24.3 Å². The van der Waals surface area contributed by atoms with Crippen LogP contribution >= 0.6 is 0 Å². The fourth-order valence-electron chi connectivity index (χ4n) is 1.84. The first-order chi connectivity index (χ1) is 6.24. The molecule has 3 heteroatoms. The van der Waals surface area contributed by atoms with Crippen molar-refractivity contribution in [3.63, 3.8) is 0 Å². The molecule has 0 heterocycles. The van der Waals surface area contributed by atoms with E-state index in [1.165, 1.54) is 0 Å². The number of rotatable bonds is 4. The van der Waals surface area contributed by atoms with Crippen LogP contribution in [0.15, 0.2) is 0 Å². The van der Waals surface area contributed by atoms with E-state index in [9.17, 15) is 4.79 Å². The molecule has 2 unspecified atom stereocenters. The van der Waals surface area contributed by atoms with Crippen LogP contribution in [-0.2, 0) is 9.53 Å². The van der Waals surface area contributed by atoms with Gasteiger partial charge in [0.05, 0.1) is 0 Å². The largest absolute Gasteiger partial charge is 0.374 e. The lowest BCUT2D eigenvalue weighted by Gasteiger charge is -2.25. The molecule has 0 saturated heterocycles. The highest BCUT2D eigenvalue weighted by atomic mass is 16.5. The van der Waals surface area contributed by atoms with E-state index in [0.29, 0.717) is 6.61 Å². The first-order valence-corrected chi connectivity index (χ1v) is 5.10. The van der Waals surface area contributed by atoms with Gasteiger partial charge in [-0.1, -0.05) is 6.42 Å². The van der Waals surface area contributed by atoms with Gasteiger partial charge in [0.15, 0.2) is 5.78 Å². The van der Waals surface area contributed by atoms with Crippen LogP contribution in [0.5, 0.6) is 0 Å². The number of hydrogen-bond acceptors (Lipinski definition) is 3. The van der Waals surface area contributed by atoms with Crippen LogP contribution in [0.3, 0.4) is 0 Å². The highest BCUT2D eigenvalue weighted by Gasteiger charge is 2.24. The van der Waals surface area contributed by atoms with Crippen LogP contribution in [0, 0.1) is 5.92 Å². The minimum atomic E-state index is 0.162. The van der Waals surface area contributed by atoms with Gasteiger partial charge in [-0.2, -0.15) is 0 Å². The van der Waals surface area contributed by atoms with Crippen molar-refractivity contribution in [2.45, 2.75) is 38.6 Å². The quantitative estimate of drug-likeness (QED) is 0.713. The van der Waals surface area contributed by atoms with Crippen LogP contribution < -0.4 is 5.73 Å². The first-order valence-electron chi connectivity index (χ1n) is 5.10. The Balaban J connectivity index is 2.28. The lowest BCUT2D eigenvalue weighted by Crippen LogP contribution is -2.33. The molecule has 1 aliphatic rings. The monoisotopic (exact) mass is 185 g/mol. The van der Waals surface area contributed by atoms with Crippen molar-refractivity contribution in [1.29, 1.82) is 0 Å². The van der Waals surface area contributed by atoms with Gasteiger partial charge in [0.25, 0.3) is 0 Å². The van der Waals surface area contributed by atoms with Crippen LogP contribution in [0.1, 0.15) is 32.6 Å². The van der Waals surface area contributed by atoms with Crippen LogP contribution in [0.25, 0.3) is 0 Å². The molecule has 0 radical (unpaired) electrons. The Kier molecular flexibility index (Phi) is 4.39. The van der Waals surface area contributed by atoms with Crippen molar-refractivity contribution in [2.75, 3.05) is 13.2 Å². The zero-order chi connectivity index (χ0) is 9.68. The summed E-state index contributed by atoms with van der Waals surface area (Å²) in [6.07, 6.45) is 4.01. The van der Waals surface area contributed by atoms with Crippen molar-refractivity contribution in [2.24, 2.45) is 11.7 Å². The van der Waals surface area contributed by atoms with E-state index < -0.39 is 0 Å². The summed E-state index contributed by atoms with van der Waals surface area (Å²) in [5, 5.41) is 0. The topological polar surface area (TPSA) is 52.3 Å². The average molecular weight is 185 g/mol. The number of ether oxygens (including phenoxy) is 1. The van der Waals surface area contributed by atoms with Gasteiger partial charge in [0, 0.05) is 18.6 Å². The molecule has 1 saturated carbocycles. The zero-order valence-corrected chi connectivity index (χ0v) is 8.29. The van der Waals surface area contributed by atoms with E-state index >= 15 is 0 Å². The number of carbonyl (C=O) groups is 1. The fraction of sp³-hybridized carbons (Fsp3) is 0.900. The Hall–Kier alpha value is -0.410. The zero-order valence-electron chi connectivity index (χ0n) is 8.29. The second-order valence-corrected chi connectivity index (χ2v) is 3.73. The van der Waals surface area contributed by atoms with E-state index in [1.807, 2.05) is 6.92 Å². The van der Waals surface area contributed by atoms with E-state index in [0.717, 1.165) is 25.7 Å². The lowest BCUT2D eigenvalue weighted by atomic mass is 9.84. The number of carbonyl (C=O) groups excluding carboxylic acids is 1. The van der Waals surface area contributed by atoms with Crippen LogP contribution in [0.4, 0.5) is 0 Å². The molecule has 1 fully saturated rings. The van der Waals surface area contributed by atoms with Gasteiger partial charge in [-0.15, -0.1) is 0 Å². The van der Waals surface area contributed by atoms with Crippen molar-refractivity contribution < 1.29 is 9.53 Å². The lowest BCUT2D eigenvalue weighted by molar-refractivity contribution is -0.128. The number of Topliss-reactive ketones (excluding diaryl/α,β-unsaturated/α-hetero) is 1. The molecule has 1 rings (SSSR count). The maximum absolute atomic E-state index is 11.5. The molecule has 0 aromatic heterocycles. The minimum Gasteiger partial charge on any atom is -0.374 e. The molecule has 2 atom stereocenters. The Morgan fingerprint density at radius 3 is 2.92 bits per heavy atom. The van der Waals surface area contributed by atoms with Gasteiger partial charge in [0.2, 0.25) is 0 Å². The van der Waals surface area contributed by atoms with Crippen molar-refractivity contribution >= 4 is 5.78 Å². The smallest absolute Gasteiger partial charge is 0.161 e. The van der Waals surface area contributed by atoms with Crippen LogP contribution in [-0.4, -0.2) is 25.0 Å². The second kappa shape index (κ2) is 5.35.